The van der Waals surface area contributed by atoms with Crippen LogP contribution in [0.4, 0.5) is 0 Å². The van der Waals surface area contributed by atoms with Crippen molar-refractivity contribution in [3.8, 4) is 0 Å². The van der Waals surface area contributed by atoms with E-state index in [1.807, 2.05) is 0 Å². The summed E-state index contributed by atoms with van der Waals surface area (Å²) in [6, 6.07) is 0. The van der Waals surface area contributed by atoms with Crippen LogP contribution in [0.2, 0.25) is 0 Å². The van der Waals surface area contributed by atoms with Crippen molar-refractivity contribution in [2.24, 2.45) is 0 Å². The van der Waals surface area contributed by atoms with E-state index in [0.717, 1.165) is 13.0 Å². The highest BCUT2D eigenvalue weighted by molar-refractivity contribution is 6.34. The number of hydrogen-bond donors (Lipinski definition) is 2. The fourth-order valence-electron chi connectivity index (χ4n) is 2.00. The fourth-order valence-corrected chi connectivity index (χ4v) is 2.00. The summed E-state index contributed by atoms with van der Waals surface area (Å²) in [6.07, 6.45) is 0.855. The first-order chi connectivity index (χ1) is 8.31. The Morgan fingerprint density at radius 2 is 2.00 bits per heavy atom. The Balaban J connectivity index is 2.56. The molecular weight excluding hydrogens is 234 g/mol. The van der Waals surface area contributed by atoms with Gasteiger partial charge >= 0.3 is 11.8 Å². The Labute approximate surface area is 108 Å². The molecule has 1 rings (SSSR count). The van der Waals surface area contributed by atoms with Crippen LogP contribution in [0.15, 0.2) is 0 Å². The maximum Gasteiger partial charge on any atom is 0.312 e. The highest BCUT2D eigenvalue weighted by Gasteiger charge is 2.28. The smallest absolute Gasteiger partial charge is 0.312 e. The van der Waals surface area contributed by atoms with E-state index in [2.05, 4.69) is 5.32 Å². The van der Waals surface area contributed by atoms with Crippen LogP contribution in [0, 0.1) is 0 Å². The highest BCUT2D eigenvalue weighted by atomic mass is 16.3. The Bertz CT molecular complexity index is 304. The molecule has 0 unspecified atom stereocenters. The first kappa shape index (κ1) is 14.9. The molecule has 1 heterocycles. The van der Waals surface area contributed by atoms with Crippen molar-refractivity contribution in [1.29, 1.82) is 0 Å². The number of hydrogen-bond acceptors (Lipinski definition) is 4. The molecule has 0 atom stereocenters. The molecule has 1 saturated heterocycles. The fraction of sp³-hybridized carbons (Fsp3) is 0.833. The van der Waals surface area contributed by atoms with Crippen LogP contribution >= 0.6 is 0 Å². The summed E-state index contributed by atoms with van der Waals surface area (Å²) >= 11 is 0. The maximum atomic E-state index is 12.0. The number of carbonyl (C=O) groups excluding carboxylic acids is 2. The molecule has 0 aliphatic carbocycles. The van der Waals surface area contributed by atoms with Crippen molar-refractivity contribution in [2.75, 3.05) is 39.8 Å². The van der Waals surface area contributed by atoms with Gasteiger partial charge in [-0.15, -0.1) is 0 Å². The zero-order valence-corrected chi connectivity index (χ0v) is 11.4. The molecule has 0 aromatic heterocycles. The van der Waals surface area contributed by atoms with E-state index in [1.54, 1.807) is 18.7 Å². The van der Waals surface area contributed by atoms with Gasteiger partial charge in [-0.3, -0.25) is 9.59 Å². The summed E-state index contributed by atoms with van der Waals surface area (Å²) < 4.78 is 0. The lowest BCUT2D eigenvalue weighted by Crippen LogP contribution is -2.48. The molecule has 104 valence electrons. The monoisotopic (exact) mass is 257 g/mol. The first-order valence-corrected chi connectivity index (χ1v) is 6.29. The van der Waals surface area contributed by atoms with Crippen molar-refractivity contribution in [1.82, 2.24) is 15.1 Å². The topological polar surface area (TPSA) is 72.9 Å². The average molecular weight is 257 g/mol. The van der Waals surface area contributed by atoms with E-state index in [4.69, 9.17) is 0 Å². The van der Waals surface area contributed by atoms with Crippen LogP contribution in [0.5, 0.6) is 0 Å². The molecule has 0 aromatic rings. The zero-order chi connectivity index (χ0) is 13.8. The van der Waals surface area contributed by atoms with E-state index in [1.165, 1.54) is 11.9 Å². The largest absolute Gasteiger partial charge is 0.389 e. The van der Waals surface area contributed by atoms with Gasteiger partial charge in [0.15, 0.2) is 0 Å². The van der Waals surface area contributed by atoms with E-state index in [9.17, 15) is 14.7 Å². The van der Waals surface area contributed by atoms with Gasteiger partial charge in [-0.1, -0.05) is 0 Å². The van der Waals surface area contributed by atoms with Gasteiger partial charge in [0, 0.05) is 33.2 Å². The lowest BCUT2D eigenvalue weighted by Gasteiger charge is -2.27. The molecule has 0 spiro atoms. The minimum Gasteiger partial charge on any atom is -0.389 e. The number of rotatable bonds is 2. The van der Waals surface area contributed by atoms with Crippen LogP contribution in [0.25, 0.3) is 0 Å². The van der Waals surface area contributed by atoms with Gasteiger partial charge in [-0.05, 0) is 26.8 Å². The normalized spacial score (nSPS) is 17.2. The second-order valence-corrected chi connectivity index (χ2v) is 5.37. The van der Waals surface area contributed by atoms with Crippen LogP contribution in [0.3, 0.4) is 0 Å². The van der Waals surface area contributed by atoms with Crippen molar-refractivity contribution in [3.05, 3.63) is 0 Å². The molecule has 0 bridgehead atoms. The van der Waals surface area contributed by atoms with Crippen LogP contribution in [-0.2, 0) is 9.59 Å². The van der Waals surface area contributed by atoms with E-state index in [0.29, 0.717) is 19.6 Å². The van der Waals surface area contributed by atoms with Crippen molar-refractivity contribution in [3.63, 3.8) is 0 Å². The molecule has 2 amide bonds. The van der Waals surface area contributed by atoms with Gasteiger partial charge in [0.05, 0.1) is 5.60 Å². The lowest BCUT2D eigenvalue weighted by molar-refractivity contribution is -0.152. The molecule has 0 aromatic carbocycles. The molecule has 0 radical (unpaired) electrons. The zero-order valence-electron chi connectivity index (χ0n) is 11.4. The lowest BCUT2D eigenvalue weighted by atomic mass is 10.1. The van der Waals surface area contributed by atoms with Gasteiger partial charge in [0.2, 0.25) is 0 Å². The standard InChI is InChI=1S/C12H23N3O3/c1-12(2,18)9-14(3)10(16)11(17)15-7-4-5-13-6-8-15/h13,18H,4-9H2,1-3H3. The minimum absolute atomic E-state index is 0.143. The molecule has 6 heteroatoms. The van der Waals surface area contributed by atoms with E-state index >= 15 is 0 Å². The van der Waals surface area contributed by atoms with Crippen molar-refractivity contribution in [2.45, 2.75) is 25.9 Å². The minimum atomic E-state index is -0.995. The molecule has 6 nitrogen and oxygen atoms in total. The molecule has 18 heavy (non-hydrogen) atoms. The van der Waals surface area contributed by atoms with E-state index in [-0.39, 0.29) is 6.54 Å². The maximum absolute atomic E-state index is 12.0. The van der Waals surface area contributed by atoms with Gasteiger partial charge in [-0.2, -0.15) is 0 Å². The average Bonchev–Trinajstić information content (AvgIpc) is 2.53. The van der Waals surface area contributed by atoms with Gasteiger partial charge < -0.3 is 20.2 Å². The van der Waals surface area contributed by atoms with Crippen LogP contribution in [-0.4, -0.2) is 72.1 Å². The predicted octanol–water partition coefficient (Wildman–Crippen LogP) is -0.962. The molecule has 1 aliphatic heterocycles. The second-order valence-electron chi connectivity index (χ2n) is 5.37. The number of amides is 2. The number of carbonyl (C=O) groups is 2. The van der Waals surface area contributed by atoms with Gasteiger partial charge in [0.25, 0.3) is 0 Å². The second kappa shape index (κ2) is 6.15. The van der Waals surface area contributed by atoms with E-state index < -0.39 is 17.4 Å². The summed E-state index contributed by atoms with van der Waals surface area (Å²) in [5.74, 6) is -1.04. The first-order valence-electron chi connectivity index (χ1n) is 6.29. The Morgan fingerprint density at radius 1 is 1.33 bits per heavy atom. The Hall–Kier alpha value is -1.14. The quantitative estimate of drug-likeness (QED) is 0.625. The SMILES string of the molecule is CN(CC(C)(C)O)C(=O)C(=O)N1CCCNCC1. The molecular formula is C12H23N3O3. The third kappa shape index (κ3) is 4.62. The number of nitrogens with one attached hydrogen (secondary N) is 1. The highest BCUT2D eigenvalue weighted by Crippen LogP contribution is 2.05. The Morgan fingerprint density at radius 3 is 2.61 bits per heavy atom. The van der Waals surface area contributed by atoms with Crippen molar-refractivity contribution < 1.29 is 14.7 Å². The van der Waals surface area contributed by atoms with Crippen LogP contribution < -0.4 is 5.32 Å². The summed E-state index contributed by atoms with van der Waals surface area (Å²) in [5, 5.41) is 12.8. The van der Waals surface area contributed by atoms with Gasteiger partial charge in [-0.25, -0.2) is 0 Å². The number of aliphatic hydroxyl groups is 1. The summed E-state index contributed by atoms with van der Waals surface area (Å²) in [4.78, 5) is 26.8. The molecule has 2 N–H and O–H groups in total. The third-order valence-electron chi connectivity index (χ3n) is 2.78. The Kier molecular flexibility index (Phi) is 5.10. The summed E-state index contributed by atoms with van der Waals surface area (Å²) in [7, 11) is 1.54. The van der Waals surface area contributed by atoms with Gasteiger partial charge in [0.1, 0.15) is 0 Å². The molecule has 1 aliphatic rings. The number of likely N-dealkylation sites (N-methyl/N-ethyl adjacent to an activating group) is 1. The summed E-state index contributed by atoms with van der Waals surface area (Å²) in [6.45, 7) is 6.11. The van der Waals surface area contributed by atoms with Crippen molar-refractivity contribution >= 4 is 11.8 Å². The molecule has 0 saturated carbocycles. The molecule has 1 fully saturated rings. The summed E-state index contributed by atoms with van der Waals surface area (Å²) in [5.41, 5.74) is -0.995. The number of nitrogens with zero attached hydrogens (tertiary/aromatic N) is 2. The predicted molar refractivity (Wildman–Crippen MR) is 68.0 cm³/mol. The third-order valence-corrected chi connectivity index (χ3v) is 2.78. The van der Waals surface area contributed by atoms with Crippen LogP contribution in [0.1, 0.15) is 20.3 Å².